The summed E-state index contributed by atoms with van der Waals surface area (Å²) < 4.78 is 3.51. The van der Waals surface area contributed by atoms with Crippen molar-refractivity contribution >= 4 is 0 Å². The Morgan fingerprint density at radius 2 is 1.76 bits per heavy atom. The molecule has 0 spiro atoms. The largest absolute Gasteiger partial charge is 0.346 e. The monoisotopic (exact) mass is 445 g/mol. The molecule has 0 saturated carbocycles. The number of hydrogen-bond acceptors (Lipinski definition) is 5. The maximum Gasteiger partial charge on any atom is 0.346 e. The molecule has 0 amide bonds. The standard InChI is InChI=1S/C25H31N7O/c1-4-6-12-23-28-32(18(3)9-5-2)25(33)31(23)17-19-13-15-20(16-14-19)21-10-7-8-11-22(21)24-26-29-30-27-24/h7-8,10-11,13-16,18H,4-6,9,12,17H2,1-3H3,(H,26,27,29,30). The number of aryl methyl sites for hydroxylation is 1. The molecule has 172 valence electrons. The summed E-state index contributed by atoms with van der Waals surface area (Å²) in [5.41, 5.74) is 4.06. The Hall–Kier alpha value is -3.55. The predicted molar refractivity (Wildman–Crippen MR) is 129 cm³/mol. The fourth-order valence-corrected chi connectivity index (χ4v) is 4.14. The third-order valence-corrected chi connectivity index (χ3v) is 5.96. The number of hydrogen-bond donors (Lipinski definition) is 1. The van der Waals surface area contributed by atoms with E-state index in [1.54, 1.807) is 4.68 Å². The van der Waals surface area contributed by atoms with Gasteiger partial charge in [-0.05, 0) is 41.7 Å². The van der Waals surface area contributed by atoms with Crippen molar-refractivity contribution < 1.29 is 0 Å². The number of unbranched alkanes of at least 4 members (excludes halogenated alkanes) is 1. The van der Waals surface area contributed by atoms with Crippen molar-refractivity contribution in [3.63, 3.8) is 0 Å². The third kappa shape index (κ3) is 4.94. The Morgan fingerprint density at radius 3 is 2.42 bits per heavy atom. The quantitative estimate of drug-likeness (QED) is 0.384. The summed E-state index contributed by atoms with van der Waals surface area (Å²) in [6.07, 6.45) is 4.87. The Bertz CT molecular complexity index is 1220. The van der Waals surface area contributed by atoms with Gasteiger partial charge in [0.2, 0.25) is 5.82 Å². The van der Waals surface area contributed by atoms with E-state index in [-0.39, 0.29) is 11.7 Å². The first-order chi connectivity index (χ1) is 16.1. The van der Waals surface area contributed by atoms with E-state index < -0.39 is 0 Å². The average Bonchev–Trinajstić information content (AvgIpc) is 3.48. The number of benzene rings is 2. The predicted octanol–water partition coefficient (Wildman–Crippen LogP) is 4.64. The van der Waals surface area contributed by atoms with Crippen LogP contribution in [-0.4, -0.2) is 35.0 Å². The molecule has 0 saturated heterocycles. The molecular formula is C25H31N7O. The van der Waals surface area contributed by atoms with Gasteiger partial charge in [0.05, 0.1) is 12.6 Å². The molecule has 2 aromatic heterocycles. The fraction of sp³-hybridized carbons (Fsp3) is 0.400. The molecule has 0 fully saturated rings. The number of rotatable bonds is 10. The van der Waals surface area contributed by atoms with Gasteiger partial charge in [-0.25, -0.2) is 9.48 Å². The van der Waals surface area contributed by atoms with E-state index in [1.165, 1.54) is 0 Å². The molecule has 1 atom stereocenters. The molecule has 4 rings (SSSR count). The van der Waals surface area contributed by atoms with Crippen LogP contribution < -0.4 is 5.69 Å². The van der Waals surface area contributed by atoms with Crippen molar-refractivity contribution in [2.45, 2.75) is 65.5 Å². The Labute approximate surface area is 193 Å². The zero-order chi connectivity index (χ0) is 23.2. The van der Waals surface area contributed by atoms with Gasteiger partial charge in [-0.15, -0.1) is 10.2 Å². The molecule has 8 nitrogen and oxygen atoms in total. The average molecular weight is 446 g/mol. The zero-order valence-electron chi connectivity index (χ0n) is 19.5. The summed E-state index contributed by atoms with van der Waals surface area (Å²) in [6.45, 7) is 6.88. The highest BCUT2D eigenvalue weighted by Gasteiger charge is 2.17. The van der Waals surface area contributed by atoms with Crippen molar-refractivity contribution in [3.8, 4) is 22.5 Å². The van der Waals surface area contributed by atoms with Crippen LogP contribution in [0.15, 0.2) is 53.3 Å². The second-order valence-electron chi connectivity index (χ2n) is 8.45. The van der Waals surface area contributed by atoms with E-state index in [9.17, 15) is 4.79 Å². The number of aromatic nitrogens is 7. The number of H-pyrrole nitrogens is 1. The minimum atomic E-state index is -0.0198. The first-order valence-corrected chi connectivity index (χ1v) is 11.7. The number of tetrazole rings is 1. The highest BCUT2D eigenvalue weighted by molar-refractivity contribution is 5.80. The molecular weight excluding hydrogens is 414 g/mol. The first-order valence-electron chi connectivity index (χ1n) is 11.7. The van der Waals surface area contributed by atoms with Crippen molar-refractivity contribution in [1.82, 2.24) is 35.0 Å². The minimum Gasteiger partial charge on any atom is -0.274 e. The van der Waals surface area contributed by atoms with Crippen LogP contribution in [0, 0.1) is 0 Å². The Balaban J connectivity index is 1.62. The van der Waals surface area contributed by atoms with E-state index >= 15 is 0 Å². The van der Waals surface area contributed by atoms with E-state index in [2.05, 4.69) is 65.7 Å². The maximum atomic E-state index is 13.2. The lowest BCUT2D eigenvalue weighted by atomic mass is 9.98. The van der Waals surface area contributed by atoms with Gasteiger partial charge in [0.15, 0.2) is 0 Å². The highest BCUT2D eigenvalue weighted by Crippen LogP contribution is 2.29. The summed E-state index contributed by atoms with van der Waals surface area (Å²) in [4.78, 5) is 13.2. The van der Waals surface area contributed by atoms with Crippen molar-refractivity contribution in [1.29, 1.82) is 0 Å². The van der Waals surface area contributed by atoms with Gasteiger partial charge in [-0.2, -0.15) is 10.3 Å². The van der Waals surface area contributed by atoms with E-state index in [0.717, 1.165) is 60.2 Å². The molecule has 1 N–H and O–H groups in total. The normalized spacial score (nSPS) is 12.2. The summed E-state index contributed by atoms with van der Waals surface area (Å²) in [5, 5.41) is 19.2. The molecule has 0 radical (unpaired) electrons. The highest BCUT2D eigenvalue weighted by atomic mass is 16.2. The molecule has 2 heterocycles. The second kappa shape index (κ2) is 10.4. The molecule has 2 aromatic carbocycles. The SMILES string of the molecule is CCCCc1nn(C(C)CCC)c(=O)n1Cc1ccc(-c2ccccc2-c2nn[nH]n2)cc1. The number of nitrogens with zero attached hydrogens (tertiary/aromatic N) is 6. The van der Waals surface area contributed by atoms with Crippen LogP contribution in [0.3, 0.4) is 0 Å². The van der Waals surface area contributed by atoms with Gasteiger partial charge in [0.1, 0.15) is 5.82 Å². The van der Waals surface area contributed by atoms with Crippen molar-refractivity contribution in [2.75, 3.05) is 0 Å². The number of aromatic amines is 1. The molecule has 33 heavy (non-hydrogen) atoms. The smallest absolute Gasteiger partial charge is 0.274 e. The van der Waals surface area contributed by atoms with Gasteiger partial charge in [0.25, 0.3) is 0 Å². The summed E-state index contributed by atoms with van der Waals surface area (Å²) in [7, 11) is 0. The Kier molecular flexibility index (Phi) is 7.12. The van der Waals surface area contributed by atoms with Gasteiger partial charge >= 0.3 is 5.69 Å². The van der Waals surface area contributed by atoms with Crippen LogP contribution in [0.5, 0.6) is 0 Å². The van der Waals surface area contributed by atoms with Crippen molar-refractivity contribution in [2.24, 2.45) is 0 Å². The first kappa shape index (κ1) is 22.6. The van der Waals surface area contributed by atoms with E-state index in [0.29, 0.717) is 12.4 Å². The molecule has 4 aromatic rings. The van der Waals surface area contributed by atoms with Gasteiger partial charge in [-0.3, -0.25) is 4.57 Å². The lowest BCUT2D eigenvalue weighted by molar-refractivity contribution is 0.435. The zero-order valence-corrected chi connectivity index (χ0v) is 19.5. The molecule has 0 aliphatic rings. The maximum absolute atomic E-state index is 13.2. The van der Waals surface area contributed by atoms with E-state index in [1.807, 2.05) is 28.8 Å². The number of nitrogens with one attached hydrogen (secondary N) is 1. The lowest BCUT2D eigenvalue weighted by Crippen LogP contribution is -2.28. The molecule has 0 aliphatic heterocycles. The second-order valence-corrected chi connectivity index (χ2v) is 8.45. The fourth-order valence-electron chi connectivity index (χ4n) is 4.14. The van der Waals surface area contributed by atoms with Gasteiger partial charge in [-0.1, -0.05) is 75.2 Å². The van der Waals surface area contributed by atoms with Crippen molar-refractivity contribution in [3.05, 3.63) is 70.4 Å². The molecule has 0 aliphatic carbocycles. The topological polar surface area (TPSA) is 94.3 Å². The van der Waals surface area contributed by atoms with Crippen LogP contribution in [-0.2, 0) is 13.0 Å². The minimum absolute atomic E-state index is 0.0198. The Morgan fingerprint density at radius 1 is 1.00 bits per heavy atom. The van der Waals surface area contributed by atoms with Crippen LogP contribution in [0.1, 0.15) is 63.9 Å². The summed E-state index contributed by atoms with van der Waals surface area (Å²) >= 11 is 0. The van der Waals surface area contributed by atoms with Gasteiger partial charge in [0, 0.05) is 12.0 Å². The summed E-state index contributed by atoms with van der Waals surface area (Å²) in [6, 6.07) is 16.4. The van der Waals surface area contributed by atoms with E-state index in [4.69, 9.17) is 5.10 Å². The molecule has 0 bridgehead atoms. The molecule has 8 heteroatoms. The molecule has 1 unspecified atom stereocenters. The van der Waals surface area contributed by atoms with Crippen LogP contribution >= 0.6 is 0 Å². The van der Waals surface area contributed by atoms with Crippen LogP contribution in [0.4, 0.5) is 0 Å². The van der Waals surface area contributed by atoms with Crippen LogP contribution in [0.2, 0.25) is 0 Å². The van der Waals surface area contributed by atoms with Gasteiger partial charge < -0.3 is 0 Å². The van der Waals surface area contributed by atoms with Crippen LogP contribution in [0.25, 0.3) is 22.5 Å². The third-order valence-electron chi connectivity index (χ3n) is 5.96. The lowest BCUT2D eigenvalue weighted by Gasteiger charge is -2.10. The summed E-state index contributed by atoms with van der Waals surface area (Å²) in [5.74, 6) is 1.44.